The second-order valence-corrected chi connectivity index (χ2v) is 9.92. The molecule has 2 amide bonds. The lowest BCUT2D eigenvalue weighted by Crippen LogP contribution is -2.25. The molecule has 2 N–H and O–H groups in total. The molecule has 3 aromatic rings. The fourth-order valence-electron chi connectivity index (χ4n) is 3.14. The van der Waals surface area contributed by atoms with Crippen LogP contribution in [0.2, 0.25) is 5.02 Å². The van der Waals surface area contributed by atoms with Crippen LogP contribution in [0, 0.1) is 0 Å². The van der Waals surface area contributed by atoms with Gasteiger partial charge in [-0.2, -0.15) is 0 Å². The number of anilines is 1. The van der Waals surface area contributed by atoms with Crippen molar-refractivity contribution in [3.63, 3.8) is 0 Å². The molecule has 9 heteroatoms. The second kappa shape index (κ2) is 7.77. The van der Waals surface area contributed by atoms with Gasteiger partial charge < -0.3 is 15.1 Å². The van der Waals surface area contributed by atoms with Crippen LogP contribution in [0.3, 0.4) is 0 Å². The van der Waals surface area contributed by atoms with Crippen molar-refractivity contribution in [2.75, 3.05) is 11.6 Å². The van der Waals surface area contributed by atoms with E-state index in [1.807, 2.05) is 0 Å². The molecule has 4 rings (SSSR count). The summed E-state index contributed by atoms with van der Waals surface area (Å²) >= 11 is 6.23. The number of hydrogen-bond donors (Lipinski definition) is 2. The summed E-state index contributed by atoms with van der Waals surface area (Å²) in [4.78, 5) is 25.0. The zero-order valence-electron chi connectivity index (χ0n) is 16.1. The molecule has 1 saturated carbocycles. The van der Waals surface area contributed by atoms with Crippen LogP contribution in [0.25, 0.3) is 11.0 Å². The van der Waals surface area contributed by atoms with Gasteiger partial charge in [0.25, 0.3) is 11.8 Å². The van der Waals surface area contributed by atoms with Gasteiger partial charge in [-0.3, -0.25) is 9.59 Å². The number of halogens is 1. The molecular weight excluding hydrogens is 428 g/mol. The number of carbonyl (C=O) groups is 2. The van der Waals surface area contributed by atoms with Crippen LogP contribution in [0.15, 0.2) is 46.9 Å². The summed E-state index contributed by atoms with van der Waals surface area (Å²) in [6.45, 7) is 0. The number of amides is 2. The fourth-order valence-corrected chi connectivity index (χ4v) is 4.22. The smallest absolute Gasteiger partial charge is 0.291 e. The zero-order chi connectivity index (χ0) is 21.5. The predicted octanol–water partition coefficient (Wildman–Crippen LogP) is 3.78. The van der Waals surface area contributed by atoms with Crippen molar-refractivity contribution < 1.29 is 22.4 Å². The van der Waals surface area contributed by atoms with E-state index in [0.29, 0.717) is 27.8 Å². The van der Waals surface area contributed by atoms with E-state index < -0.39 is 15.7 Å². The van der Waals surface area contributed by atoms with Crippen molar-refractivity contribution in [2.24, 2.45) is 0 Å². The number of benzene rings is 2. The molecule has 1 aliphatic carbocycles. The number of sulfone groups is 1. The van der Waals surface area contributed by atoms with Crippen molar-refractivity contribution >= 4 is 49.9 Å². The van der Waals surface area contributed by atoms with E-state index in [9.17, 15) is 18.0 Å². The number of nitrogens with one attached hydrogen (secondary N) is 2. The molecule has 0 atom stereocenters. The van der Waals surface area contributed by atoms with Gasteiger partial charge in [0.15, 0.2) is 15.6 Å². The largest absolute Gasteiger partial charge is 0.451 e. The topological polar surface area (TPSA) is 105 Å². The first-order valence-corrected chi connectivity index (χ1v) is 11.7. The monoisotopic (exact) mass is 446 g/mol. The Morgan fingerprint density at radius 2 is 1.87 bits per heavy atom. The van der Waals surface area contributed by atoms with Gasteiger partial charge >= 0.3 is 0 Å². The molecule has 0 spiro atoms. The van der Waals surface area contributed by atoms with Crippen LogP contribution in [0.4, 0.5) is 5.69 Å². The van der Waals surface area contributed by atoms with Gasteiger partial charge in [0.1, 0.15) is 5.58 Å². The van der Waals surface area contributed by atoms with Gasteiger partial charge in [-0.25, -0.2) is 8.42 Å². The third-order valence-corrected chi connectivity index (χ3v) is 5.82. The lowest BCUT2D eigenvalue weighted by Gasteiger charge is -2.09. The third-order valence-electron chi connectivity index (χ3n) is 4.70. The number of para-hydroxylation sites is 1. The lowest BCUT2D eigenvalue weighted by molar-refractivity contribution is 0.0950. The third kappa shape index (κ3) is 4.49. The minimum atomic E-state index is -3.40. The van der Waals surface area contributed by atoms with Crippen molar-refractivity contribution in [2.45, 2.75) is 24.6 Å². The molecule has 1 aromatic heterocycles. The van der Waals surface area contributed by atoms with Crippen LogP contribution in [0.5, 0.6) is 0 Å². The Morgan fingerprint density at radius 1 is 1.13 bits per heavy atom. The quantitative estimate of drug-likeness (QED) is 0.599. The SMILES string of the molecule is CS(=O)(=O)Cc1c(C(=O)Nc2ccc(C(=O)NC3CC3)c(Cl)c2)oc2ccccc12. The van der Waals surface area contributed by atoms with E-state index in [1.54, 1.807) is 30.3 Å². The van der Waals surface area contributed by atoms with E-state index in [1.165, 1.54) is 12.1 Å². The highest BCUT2D eigenvalue weighted by atomic mass is 35.5. The van der Waals surface area contributed by atoms with Crippen LogP contribution in [0.1, 0.15) is 39.3 Å². The summed E-state index contributed by atoms with van der Waals surface area (Å²) in [5.41, 5.74) is 1.41. The van der Waals surface area contributed by atoms with Gasteiger partial charge in [-0.15, -0.1) is 0 Å². The first-order valence-electron chi connectivity index (χ1n) is 9.31. The predicted molar refractivity (Wildman–Crippen MR) is 115 cm³/mol. The van der Waals surface area contributed by atoms with E-state index in [4.69, 9.17) is 16.0 Å². The number of hydrogen-bond acceptors (Lipinski definition) is 5. The Kier molecular flexibility index (Phi) is 5.29. The average molecular weight is 447 g/mol. The molecule has 7 nitrogen and oxygen atoms in total. The van der Waals surface area contributed by atoms with Gasteiger partial charge in [0, 0.05) is 28.9 Å². The van der Waals surface area contributed by atoms with Gasteiger partial charge in [-0.05, 0) is 37.1 Å². The molecule has 0 saturated heterocycles. The molecule has 2 aromatic carbocycles. The highest BCUT2D eigenvalue weighted by Gasteiger charge is 2.26. The summed E-state index contributed by atoms with van der Waals surface area (Å²) in [6.07, 6.45) is 3.03. The molecule has 1 aliphatic rings. The molecule has 0 aliphatic heterocycles. The highest BCUT2D eigenvalue weighted by Crippen LogP contribution is 2.29. The summed E-state index contributed by atoms with van der Waals surface area (Å²) < 4.78 is 29.4. The average Bonchev–Trinajstić information content (AvgIpc) is 3.41. The van der Waals surface area contributed by atoms with Crippen molar-refractivity contribution in [1.29, 1.82) is 0 Å². The maximum atomic E-state index is 12.9. The summed E-state index contributed by atoms with van der Waals surface area (Å²) in [6, 6.07) is 11.6. The highest BCUT2D eigenvalue weighted by molar-refractivity contribution is 7.89. The minimum Gasteiger partial charge on any atom is -0.451 e. The van der Waals surface area contributed by atoms with E-state index in [2.05, 4.69) is 10.6 Å². The van der Waals surface area contributed by atoms with E-state index in [0.717, 1.165) is 19.1 Å². The molecule has 0 bridgehead atoms. The first kappa shape index (κ1) is 20.4. The maximum absolute atomic E-state index is 12.9. The van der Waals surface area contributed by atoms with Crippen molar-refractivity contribution in [1.82, 2.24) is 5.32 Å². The standard InChI is InChI=1S/C21H19ClN2O5S/c1-30(27,28)11-16-14-4-2-3-5-18(14)29-19(16)21(26)24-13-8-9-15(17(22)10-13)20(25)23-12-6-7-12/h2-5,8-10,12H,6-7,11H2,1H3,(H,23,25)(H,24,26). The van der Waals surface area contributed by atoms with Crippen molar-refractivity contribution in [3.05, 3.63) is 64.4 Å². The Balaban J connectivity index is 1.61. The number of fused-ring (bicyclic) bond motifs is 1. The Hall–Kier alpha value is -2.84. The van der Waals surface area contributed by atoms with Crippen LogP contribution in [-0.4, -0.2) is 32.5 Å². The molecule has 156 valence electrons. The maximum Gasteiger partial charge on any atom is 0.291 e. The Labute approximate surface area is 178 Å². The van der Waals surface area contributed by atoms with Gasteiger partial charge in [0.05, 0.1) is 16.3 Å². The van der Waals surface area contributed by atoms with Crippen LogP contribution >= 0.6 is 11.6 Å². The van der Waals surface area contributed by atoms with Crippen molar-refractivity contribution in [3.8, 4) is 0 Å². The minimum absolute atomic E-state index is 0.0756. The summed E-state index contributed by atoms with van der Waals surface area (Å²) in [7, 11) is -3.40. The second-order valence-electron chi connectivity index (χ2n) is 7.37. The Morgan fingerprint density at radius 3 is 2.53 bits per heavy atom. The van der Waals surface area contributed by atoms with Crippen LogP contribution in [-0.2, 0) is 15.6 Å². The van der Waals surface area contributed by atoms with Gasteiger partial charge in [-0.1, -0.05) is 29.8 Å². The molecule has 0 unspecified atom stereocenters. The van der Waals surface area contributed by atoms with E-state index in [-0.39, 0.29) is 28.5 Å². The van der Waals surface area contributed by atoms with Crippen LogP contribution < -0.4 is 10.6 Å². The molecule has 1 heterocycles. The van der Waals surface area contributed by atoms with Gasteiger partial charge in [0.2, 0.25) is 0 Å². The Bertz CT molecular complexity index is 1260. The summed E-state index contributed by atoms with van der Waals surface area (Å²) in [5.74, 6) is -1.26. The normalized spacial score (nSPS) is 13.9. The van der Waals surface area contributed by atoms with E-state index >= 15 is 0 Å². The molecule has 30 heavy (non-hydrogen) atoms. The summed E-state index contributed by atoms with van der Waals surface area (Å²) in [5, 5.41) is 6.29. The molecular formula is C21H19ClN2O5S. The zero-order valence-corrected chi connectivity index (χ0v) is 17.6. The number of carbonyl (C=O) groups excluding carboxylic acids is 2. The molecule has 1 fully saturated rings. The molecule has 0 radical (unpaired) electrons. The first-order chi connectivity index (χ1) is 14.2. The lowest BCUT2D eigenvalue weighted by atomic mass is 10.1. The number of rotatable bonds is 6. The fraction of sp³-hybridized carbons (Fsp3) is 0.238. The number of furan rings is 1.